The van der Waals surface area contributed by atoms with Gasteiger partial charge in [-0.05, 0) is 45.4 Å². The van der Waals surface area contributed by atoms with Gasteiger partial charge in [-0.25, -0.2) is 4.68 Å². The Bertz CT molecular complexity index is 1190. The van der Waals surface area contributed by atoms with E-state index in [-0.39, 0.29) is 0 Å². The van der Waals surface area contributed by atoms with E-state index in [1.807, 2.05) is 79.5 Å². The molecule has 1 aromatic carbocycles. The fraction of sp³-hybridized carbons (Fsp3) is 0.286. The molecule has 4 rings (SSSR count). The Morgan fingerprint density at radius 3 is 1.96 bits per heavy atom. The second kappa shape index (κ2) is 6.63. The monoisotopic (exact) mass is 394 g/mol. The maximum absolute atomic E-state index is 6.42. The zero-order valence-corrected chi connectivity index (χ0v) is 17.7. The van der Waals surface area contributed by atoms with E-state index >= 15 is 0 Å². The van der Waals surface area contributed by atoms with Gasteiger partial charge in [0.15, 0.2) is 0 Å². The molecule has 3 aromatic heterocycles. The number of halogens is 1. The molecule has 28 heavy (non-hydrogen) atoms. The van der Waals surface area contributed by atoms with Crippen LogP contribution in [0.4, 0.5) is 0 Å². The Hall–Kier alpha value is -2.86. The third kappa shape index (κ3) is 2.94. The van der Waals surface area contributed by atoms with E-state index in [4.69, 9.17) is 16.7 Å². The number of aromatic nitrogens is 6. The summed E-state index contributed by atoms with van der Waals surface area (Å²) >= 11 is 6.42. The number of aryl methyl sites for hydroxylation is 5. The Balaban J connectivity index is 2.03. The van der Waals surface area contributed by atoms with Gasteiger partial charge in [-0.1, -0.05) is 17.7 Å². The molecule has 144 valence electrons. The summed E-state index contributed by atoms with van der Waals surface area (Å²) in [6.45, 7) is 8.12. The van der Waals surface area contributed by atoms with Crippen LogP contribution < -0.4 is 0 Å². The lowest BCUT2D eigenvalue weighted by Gasteiger charge is -2.09. The number of hydrogen-bond acceptors (Lipinski definition) is 3. The van der Waals surface area contributed by atoms with Crippen molar-refractivity contribution in [1.82, 2.24) is 29.3 Å². The van der Waals surface area contributed by atoms with Crippen LogP contribution in [0.2, 0.25) is 5.02 Å². The van der Waals surface area contributed by atoms with Gasteiger partial charge in [0.25, 0.3) is 0 Å². The quantitative estimate of drug-likeness (QED) is 0.511. The van der Waals surface area contributed by atoms with Crippen LogP contribution in [0.3, 0.4) is 0 Å². The molecule has 0 atom stereocenters. The van der Waals surface area contributed by atoms with Crippen molar-refractivity contribution in [3.63, 3.8) is 0 Å². The molecule has 7 heteroatoms. The van der Waals surface area contributed by atoms with Gasteiger partial charge < -0.3 is 0 Å². The summed E-state index contributed by atoms with van der Waals surface area (Å²) in [6.07, 6.45) is 4.04. The number of hydrogen-bond donors (Lipinski definition) is 0. The largest absolute Gasteiger partial charge is 0.275 e. The normalized spacial score (nSPS) is 11.4. The van der Waals surface area contributed by atoms with Crippen LogP contribution in [0, 0.1) is 27.7 Å². The topological polar surface area (TPSA) is 53.5 Å². The molecule has 0 saturated heterocycles. The molecule has 6 nitrogen and oxygen atoms in total. The van der Waals surface area contributed by atoms with Crippen LogP contribution in [-0.2, 0) is 14.1 Å². The summed E-state index contributed by atoms with van der Waals surface area (Å²) in [5.74, 6) is 0. The van der Waals surface area contributed by atoms with Gasteiger partial charge in [0.2, 0.25) is 0 Å². The van der Waals surface area contributed by atoms with E-state index in [0.717, 1.165) is 55.7 Å². The van der Waals surface area contributed by atoms with Gasteiger partial charge in [0.1, 0.15) is 0 Å². The van der Waals surface area contributed by atoms with Gasteiger partial charge in [0.05, 0.1) is 28.5 Å². The fourth-order valence-electron chi connectivity index (χ4n) is 3.63. The lowest BCUT2D eigenvalue weighted by Crippen LogP contribution is -2.00. The average molecular weight is 395 g/mol. The summed E-state index contributed by atoms with van der Waals surface area (Å²) in [5.41, 5.74) is 8.97. The first-order valence-corrected chi connectivity index (χ1v) is 9.51. The fourth-order valence-corrected chi connectivity index (χ4v) is 3.81. The third-order valence-corrected chi connectivity index (χ3v) is 5.47. The van der Waals surface area contributed by atoms with E-state index in [2.05, 4.69) is 17.1 Å². The number of benzene rings is 1. The van der Waals surface area contributed by atoms with E-state index in [0.29, 0.717) is 0 Å². The molecule has 0 aliphatic heterocycles. The highest BCUT2D eigenvalue weighted by Crippen LogP contribution is 2.36. The van der Waals surface area contributed by atoms with Crippen molar-refractivity contribution in [2.45, 2.75) is 27.7 Å². The average Bonchev–Trinajstić information content (AvgIpc) is 3.24. The minimum Gasteiger partial charge on any atom is -0.275 e. The van der Waals surface area contributed by atoms with Crippen LogP contribution in [0.1, 0.15) is 22.5 Å². The molecule has 0 bridgehead atoms. The Morgan fingerprint density at radius 1 is 0.821 bits per heavy atom. The van der Waals surface area contributed by atoms with Gasteiger partial charge in [-0.15, -0.1) is 0 Å². The molecule has 0 fully saturated rings. The van der Waals surface area contributed by atoms with Crippen molar-refractivity contribution < 1.29 is 0 Å². The second-order valence-electron chi connectivity index (χ2n) is 7.27. The standard InChI is InChI=1S/C21H23ClN6/c1-12-7-8-16(9-19(12)22)28-21(18-11-27(6)24-15(18)4)13(2)20(25-28)17-10-26(5)23-14(17)3/h7-11H,1-6H3. The molecule has 0 radical (unpaired) electrons. The van der Waals surface area contributed by atoms with Crippen molar-refractivity contribution in [3.8, 4) is 28.2 Å². The predicted octanol–water partition coefficient (Wildman–Crippen LogP) is 4.56. The van der Waals surface area contributed by atoms with Crippen LogP contribution in [0.25, 0.3) is 28.2 Å². The highest BCUT2D eigenvalue weighted by molar-refractivity contribution is 6.31. The molecule has 3 heterocycles. The van der Waals surface area contributed by atoms with Crippen molar-refractivity contribution in [2.75, 3.05) is 0 Å². The highest BCUT2D eigenvalue weighted by Gasteiger charge is 2.23. The Labute approximate surface area is 169 Å². The summed E-state index contributed by atoms with van der Waals surface area (Å²) in [7, 11) is 3.86. The van der Waals surface area contributed by atoms with E-state index < -0.39 is 0 Å². The first-order valence-electron chi connectivity index (χ1n) is 9.13. The highest BCUT2D eigenvalue weighted by atomic mass is 35.5. The second-order valence-corrected chi connectivity index (χ2v) is 7.68. The summed E-state index contributed by atoms with van der Waals surface area (Å²) < 4.78 is 5.62. The molecule has 0 aliphatic carbocycles. The predicted molar refractivity (Wildman–Crippen MR) is 112 cm³/mol. The van der Waals surface area contributed by atoms with Crippen molar-refractivity contribution >= 4 is 11.6 Å². The smallest absolute Gasteiger partial charge is 0.0997 e. The molecule has 0 amide bonds. The maximum atomic E-state index is 6.42. The number of nitrogens with zero attached hydrogens (tertiary/aromatic N) is 6. The molecule has 0 unspecified atom stereocenters. The van der Waals surface area contributed by atoms with Crippen molar-refractivity contribution in [1.29, 1.82) is 0 Å². The summed E-state index contributed by atoms with van der Waals surface area (Å²) in [5, 5.41) is 14.7. The molecule has 0 spiro atoms. The maximum Gasteiger partial charge on any atom is 0.0997 e. The van der Waals surface area contributed by atoms with E-state index in [1.54, 1.807) is 0 Å². The van der Waals surface area contributed by atoms with Crippen LogP contribution in [0.15, 0.2) is 30.6 Å². The first kappa shape index (κ1) is 18.5. The SMILES string of the molecule is Cc1ccc(-n2nc(-c3cn(C)nc3C)c(C)c2-c2cn(C)nc2C)cc1Cl. The summed E-state index contributed by atoms with van der Waals surface area (Å²) in [6, 6.07) is 6.02. The van der Waals surface area contributed by atoms with Crippen molar-refractivity contribution in [2.24, 2.45) is 14.1 Å². The first-order chi connectivity index (χ1) is 13.3. The zero-order chi connectivity index (χ0) is 20.2. The van der Waals surface area contributed by atoms with Crippen LogP contribution >= 0.6 is 11.6 Å². The molecule has 0 N–H and O–H groups in total. The molecular formula is C21H23ClN6. The van der Waals surface area contributed by atoms with E-state index in [1.165, 1.54) is 0 Å². The molecule has 4 aromatic rings. The van der Waals surface area contributed by atoms with Gasteiger partial charge in [0, 0.05) is 48.2 Å². The molecule has 0 aliphatic rings. The van der Waals surface area contributed by atoms with Gasteiger partial charge in [-0.3, -0.25) is 9.36 Å². The lowest BCUT2D eigenvalue weighted by atomic mass is 10.0. The van der Waals surface area contributed by atoms with Crippen LogP contribution in [0.5, 0.6) is 0 Å². The number of rotatable bonds is 3. The molecular weight excluding hydrogens is 372 g/mol. The summed E-state index contributed by atoms with van der Waals surface area (Å²) in [4.78, 5) is 0. The van der Waals surface area contributed by atoms with Gasteiger partial charge in [-0.2, -0.15) is 15.3 Å². The zero-order valence-electron chi connectivity index (χ0n) is 16.9. The van der Waals surface area contributed by atoms with Crippen LogP contribution in [-0.4, -0.2) is 29.3 Å². The van der Waals surface area contributed by atoms with Crippen molar-refractivity contribution in [3.05, 3.63) is 58.1 Å². The minimum absolute atomic E-state index is 0.721. The van der Waals surface area contributed by atoms with E-state index in [9.17, 15) is 0 Å². The Kier molecular flexibility index (Phi) is 4.38. The van der Waals surface area contributed by atoms with Gasteiger partial charge >= 0.3 is 0 Å². The minimum atomic E-state index is 0.721. The third-order valence-electron chi connectivity index (χ3n) is 5.06. The molecule has 0 saturated carbocycles. The lowest BCUT2D eigenvalue weighted by molar-refractivity contribution is 0.756. The Morgan fingerprint density at radius 2 is 1.43 bits per heavy atom.